The number of hydrogen-bond acceptors (Lipinski definition) is 2. The molecule has 0 aromatic rings. The van der Waals surface area contributed by atoms with Gasteiger partial charge >= 0.3 is 0 Å². The summed E-state index contributed by atoms with van der Waals surface area (Å²) < 4.78 is 0. The zero-order chi connectivity index (χ0) is 18.0. The van der Waals surface area contributed by atoms with Crippen molar-refractivity contribution in [3.05, 3.63) is 23.3 Å². The number of carbonyl (C=O) groups is 1. The molecule has 2 heteroatoms. The molecule has 25 heavy (non-hydrogen) atoms. The minimum absolute atomic E-state index is 0.218. The molecule has 7 atom stereocenters. The molecule has 3 fully saturated rings. The van der Waals surface area contributed by atoms with E-state index in [9.17, 15) is 9.90 Å². The number of terminal acetylenes is 1. The van der Waals surface area contributed by atoms with Crippen molar-refractivity contribution in [3.8, 4) is 12.3 Å². The smallest absolute Gasteiger partial charge is 0.155 e. The van der Waals surface area contributed by atoms with Gasteiger partial charge in [-0.1, -0.05) is 37.0 Å². The van der Waals surface area contributed by atoms with E-state index in [-0.39, 0.29) is 5.41 Å². The lowest BCUT2D eigenvalue weighted by Gasteiger charge is -2.57. The van der Waals surface area contributed by atoms with Gasteiger partial charge in [-0.15, -0.1) is 6.42 Å². The standard InChI is InChI=1S/C23H30O2/c1-5-15-13-22(4)19(9-10-23(22,25)6-2)20-14(3)11-16-12-17(24)7-8-18(16)21(15)20/h2,5,12,14,18-21,25H,7-11,13H2,1,3-4H3/b15-5+/t14-,18+,19+,20+,21-,22+,23+/m1/s1. The van der Waals surface area contributed by atoms with E-state index < -0.39 is 5.60 Å². The lowest BCUT2D eigenvalue weighted by Crippen LogP contribution is -2.54. The average molecular weight is 338 g/mol. The lowest BCUT2D eigenvalue weighted by atomic mass is 9.47. The van der Waals surface area contributed by atoms with Gasteiger partial charge in [-0.3, -0.25) is 4.79 Å². The summed E-state index contributed by atoms with van der Waals surface area (Å²) in [5, 5.41) is 11.2. The van der Waals surface area contributed by atoms with Crippen LogP contribution < -0.4 is 0 Å². The van der Waals surface area contributed by atoms with Crippen molar-refractivity contribution < 1.29 is 9.90 Å². The molecule has 0 aromatic heterocycles. The predicted molar refractivity (Wildman–Crippen MR) is 99.6 cm³/mol. The van der Waals surface area contributed by atoms with Gasteiger partial charge in [0, 0.05) is 11.8 Å². The van der Waals surface area contributed by atoms with Crippen LogP contribution in [0.15, 0.2) is 23.3 Å². The van der Waals surface area contributed by atoms with Crippen LogP contribution in [0.2, 0.25) is 0 Å². The second-order valence-electron chi connectivity index (χ2n) is 9.22. The normalized spacial score (nSPS) is 50.5. The molecule has 4 aliphatic rings. The van der Waals surface area contributed by atoms with Gasteiger partial charge < -0.3 is 5.11 Å². The minimum atomic E-state index is -0.977. The number of carbonyl (C=O) groups excluding carboxylic acids is 1. The van der Waals surface area contributed by atoms with E-state index >= 15 is 0 Å². The maximum absolute atomic E-state index is 11.9. The third kappa shape index (κ3) is 2.18. The molecule has 4 rings (SSSR count). The Kier molecular flexibility index (Phi) is 3.82. The molecule has 0 heterocycles. The lowest BCUT2D eigenvalue weighted by molar-refractivity contribution is -0.116. The van der Waals surface area contributed by atoms with Gasteiger partial charge in [-0.25, -0.2) is 0 Å². The van der Waals surface area contributed by atoms with Crippen molar-refractivity contribution >= 4 is 5.78 Å². The van der Waals surface area contributed by atoms with Crippen LogP contribution in [0.3, 0.4) is 0 Å². The van der Waals surface area contributed by atoms with Crippen LogP contribution in [0.1, 0.15) is 59.3 Å². The molecule has 2 nitrogen and oxygen atoms in total. The fraction of sp³-hybridized carbons (Fsp3) is 0.696. The zero-order valence-corrected chi connectivity index (χ0v) is 15.7. The highest BCUT2D eigenvalue weighted by Gasteiger charge is 2.64. The van der Waals surface area contributed by atoms with Crippen LogP contribution in [0.25, 0.3) is 0 Å². The summed E-state index contributed by atoms with van der Waals surface area (Å²) in [6.07, 6.45) is 15.4. The van der Waals surface area contributed by atoms with E-state index in [1.807, 2.05) is 6.08 Å². The van der Waals surface area contributed by atoms with Gasteiger partial charge in [-0.05, 0) is 74.7 Å². The highest BCUT2D eigenvalue weighted by Crippen LogP contribution is 2.67. The fourth-order valence-corrected chi connectivity index (χ4v) is 7.02. The second kappa shape index (κ2) is 5.58. The predicted octanol–water partition coefficient (Wildman–Crippen LogP) is 4.29. The fourth-order valence-electron chi connectivity index (χ4n) is 7.02. The summed E-state index contributed by atoms with van der Waals surface area (Å²) in [6.45, 7) is 6.71. The molecule has 0 amide bonds. The maximum Gasteiger partial charge on any atom is 0.155 e. The molecular formula is C23H30O2. The van der Waals surface area contributed by atoms with Crippen LogP contribution in [-0.2, 0) is 4.79 Å². The second-order valence-corrected chi connectivity index (χ2v) is 9.22. The van der Waals surface area contributed by atoms with Crippen LogP contribution in [0, 0.1) is 47.3 Å². The third-order valence-corrected chi connectivity index (χ3v) is 8.24. The van der Waals surface area contributed by atoms with Crippen LogP contribution in [-0.4, -0.2) is 16.5 Å². The molecule has 0 aromatic carbocycles. The van der Waals surface area contributed by atoms with Gasteiger partial charge in [0.05, 0.1) is 0 Å². The Balaban J connectivity index is 1.81. The summed E-state index contributed by atoms with van der Waals surface area (Å²) in [5.74, 6) is 5.73. The Morgan fingerprint density at radius 3 is 2.84 bits per heavy atom. The molecule has 3 saturated carbocycles. The van der Waals surface area contributed by atoms with Crippen LogP contribution >= 0.6 is 0 Å². The first-order chi connectivity index (χ1) is 11.8. The minimum Gasteiger partial charge on any atom is -0.377 e. The average Bonchev–Trinajstić information content (AvgIpc) is 2.85. The monoisotopic (exact) mass is 338 g/mol. The molecule has 0 unspecified atom stereocenters. The summed E-state index contributed by atoms with van der Waals surface area (Å²) >= 11 is 0. The first kappa shape index (κ1) is 17.1. The highest BCUT2D eigenvalue weighted by molar-refractivity contribution is 5.91. The summed E-state index contributed by atoms with van der Waals surface area (Å²) in [7, 11) is 0. The van der Waals surface area contributed by atoms with E-state index in [0.29, 0.717) is 41.8 Å². The van der Waals surface area contributed by atoms with Crippen LogP contribution in [0.5, 0.6) is 0 Å². The largest absolute Gasteiger partial charge is 0.377 e. The van der Waals surface area contributed by atoms with E-state index in [4.69, 9.17) is 6.42 Å². The van der Waals surface area contributed by atoms with E-state index in [0.717, 1.165) is 32.1 Å². The van der Waals surface area contributed by atoms with Crippen molar-refractivity contribution in [2.24, 2.45) is 35.0 Å². The van der Waals surface area contributed by atoms with E-state index in [1.165, 1.54) is 11.1 Å². The first-order valence-electron chi connectivity index (χ1n) is 9.93. The Hall–Kier alpha value is -1.33. The molecule has 0 saturated heterocycles. The number of ketones is 1. The molecular weight excluding hydrogens is 308 g/mol. The molecule has 4 aliphatic carbocycles. The topological polar surface area (TPSA) is 37.3 Å². The number of aliphatic hydroxyl groups is 1. The Morgan fingerprint density at radius 1 is 1.40 bits per heavy atom. The number of hydrogen-bond donors (Lipinski definition) is 1. The molecule has 0 bridgehead atoms. The van der Waals surface area contributed by atoms with Gasteiger partial charge in [0.1, 0.15) is 5.60 Å². The third-order valence-electron chi connectivity index (χ3n) is 8.24. The Labute approximate surface area is 151 Å². The molecule has 134 valence electrons. The van der Waals surface area contributed by atoms with Crippen molar-refractivity contribution in [2.45, 2.75) is 64.9 Å². The van der Waals surface area contributed by atoms with Gasteiger partial charge in [0.2, 0.25) is 0 Å². The maximum atomic E-state index is 11.9. The van der Waals surface area contributed by atoms with E-state index in [2.05, 4.69) is 32.8 Å². The van der Waals surface area contributed by atoms with Crippen molar-refractivity contribution in [2.75, 3.05) is 0 Å². The van der Waals surface area contributed by atoms with Crippen LogP contribution in [0.4, 0.5) is 0 Å². The molecule has 1 N–H and O–H groups in total. The highest BCUT2D eigenvalue weighted by atomic mass is 16.3. The summed E-state index contributed by atoms with van der Waals surface area (Å²) in [5.41, 5.74) is 1.66. The molecule has 0 radical (unpaired) electrons. The SMILES string of the molecule is C#C[C@]1(O)CC[C@H]2[C@H]3[C@H](/C(=C/C)C[C@@]21C)[C@H]1CCC(=O)C=C1C[C@H]3C. The Bertz CT molecular complexity index is 708. The van der Waals surface area contributed by atoms with Crippen molar-refractivity contribution in [1.82, 2.24) is 0 Å². The first-order valence-corrected chi connectivity index (χ1v) is 9.93. The summed E-state index contributed by atoms with van der Waals surface area (Å²) in [4.78, 5) is 11.9. The Morgan fingerprint density at radius 2 is 2.16 bits per heavy atom. The van der Waals surface area contributed by atoms with E-state index in [1.54, 1.807) is 0 Å². The van der Waals surface area contributed by atoms with Gasteiger partial charge in [-0.2, -0.15) is 0 Å². The summed E-state index contributed by atoms with van der Waals surface area (Å²) in [6, 6.07) is 0. The number of rotatable bonds is 0. The van der Waals surface area contributed by atoms with Gasteiger partial charge in [0.25, 0.3) is 0 Å². The number of allylic oxidation sites excluding steroid dienone is 3. The quantitative estimate of drug-likeness (QED) is 0.528. The molecule has 0 spiro atoms. The van der Waals surface area contributed by atoms with Crippen molar-refractivity contribution in [1.29, 1.82) is 0 Å². The molecule has 0 aliphatic heterocycles. The van der Waals surface area contributed by atoms with Gasteiger partial charge in [0.15, 0.2) is 5.78 Å². The number of fused-ring (bicyclic) bond motifs is 5. The zero-order valence-electron chi connectivity index (χ0n) is 15.7. The van der Waals surface area contributed by atoms with Crippen molar-refractivity contribution in [3.63, 3.8) is 0 Å².